The van der Waals surface area contributed by atoms with Gasteiger partial charge in [-0.1, -0.05) is 11.6 Å². The number of ether oxygens (including phenoxy) is 1. The number of nitrogens with one attached hydrogen (secondary N) is 1. The summed E-state index contributed by atoms with van der Waals surface area (Å²) in [5.74, 6) is -0.992. The number of halogens is 1. The minimum atomic E-state index is -0.693. The third-order valence-corrected chi connectivity index (χ3v) is 4.51. The van der Waals surface area contributed by atoms with Crippen LogP contribution in [-0.4, -0.2) is 42.8 Å². The summed E-state index contributed by atoms with van der Waals surface area (Å²) in [5.41, 5.74) is 1.29. The summed E-state index contributed by atoms with van der Waals surface area (Å²) in [6, 6.07) is 8.52. The van der Waals surface area contributed by atoms with Crippen molar-refractivity contribution in [2.75, 3.05) is 29.9 Å². The van der Waals surface area contributed by atoms with Crippen LogP contribution in [0.25, 0.3) is 0 Å². The average Bonchev–Trinajstić information content (AvgIpc) is 2.70. The maximum atomic E-state index is 12.2. The number of carbonyl (C=O) groups excluding carboxylic acids is 3. The van der Waals surface area contributed by atoms with E-state index in [2.05, 4.69) is 5.32 Å². The Morgan fingerprint density at radius 2 is 2.00 bits per heavy atom. The molecule has 0 fully saturated rings. The number of carbonyl (C=O) groups is 3. The molecule has 0 aliphatic carbocycles. The summed E-state index contributed by atoms with van der Waals surface area (Å²) >= 11 is 5.94. The number of nitro groups is 1. The lowest BCUT2D eigenvalue weighted by Gasteiger charge is -2.24. The molecule has 1 N–H and O–H groups in total. The van der Waals surface area contributed by atoms with Crippen molar-refractivity contribution in [2.24, 2.45) is 0 Å². The molecule has 2 aromatic carbocycles. The number of likely N-dealkylation sites (N-methyl/N-ethyl adjacent to an activating group) is 1. The summed E-state index contributed by atoms with van der Waals surface area (Å²) in [4.78, 5) is 46.8. The Bertz CT molecular complexity index is 979. The molecule has 2 aromatic rings. The number of rotatable bonds is 9. The molecule has 0 saturated carbocycles. The fraction of sp³-hybridized carbons (Fsp3) is 0.250. The fourth-order valence-corrected chi connectivity index (χ4v) is 2.97. The molecule has 0 atom stereocenters. The Kier molecular flexibility index (Phi) is 7.88. The zero-order chi connectivity index (χ0) is 22.3. The van der Waals surface area contributed by atoms with Crippen molar-refractivity contribution in [3.05, 3.63) is 62.7 Å². The van der Waals surface area contributed by atoms with Gasteiger partial charge in [0.15, 0.2) is 6.29 Å². The van der Waals surface area contributed by atoms with Crippen LogP contribution in [0, 0.1) is 10.1 Å². The molecule has 0 unspecified atom stereocenters. The normalized spacial score (nSPS) is 10.2. The molecule has 0 aromatic heterocycles. The molecule has 30 heavy (non-hydrogen) atoms. The SMILES string of the molecule is CCN(CCOC(=O)c1ccc([N+](=O)[O-])cc1Cl)c1ccc(C=O)c(NC(C)=O)c1. The van der Waals surface area contributed by atoms with Crippen LogP contribution >= 0.6 is 11.6 Å². The summed E-state index contributed by atoms with van der Waals surface area (Å²) < 4.78 is 5.24. The number of aldehydes is 1. The van der Waals surface area contributed by atoms with E-state index in [1.807, 2.05) is 11.8 Å². The summed E-state index contributed by atoms with van der Waals surface area (Å²) in [6.45, 7) is 4.20. The van der Waals surface area contributed by atoms with Gasteiger partial charge in [0.25, 0.3) is 5.69 Å². The smallest absolute Gasteiger partial charge is 0.339 e. The van der Waals surface area contributed by atoms with E-state index in [9.17, 15) is 24.5 Å². The maximum absolute atomic E-state index is 12.2. The monoisotopic (exact) mass is 433 g/mol. The first-order valence-electron chi connectivity index (χ1n) is 8.99. The van der Waals surface area contributed by atoms with Crippen LogP contribution in [0.15, 0.2) is 36.4 Å². The first kappa shape index (κ1) is 22.8. The zero-order valence-electron chi connectivity index (χ0n) is 16.4. The first-order valence-corrected chi connectivity index (χ1v) is 9.37. The van der Waals surface area contributed by atoms with Gasteiger partial charge in [0.05, 0.1) is 27.7 Å². The fourth-order valence-electron chi connectivity index (χ4n) is 2.72. The lowest BCUT2D eigenvalue weighted by atomic mass is 10.1. The summed E-state index contributed by atoms with van der Waals surface area (Å²) in [7, 11) is 0. The van der Waals surface area contributed by atoms with E-state index in [0.29, 0.717) is 30.6 Å². The predicted molar refractivity (Wildman–Crippen MR) is 112 cm³/mol. The van der Waals surface area contributed by atoms with Gasteiger partial charge in [0.2, 0.25) is 5.91 Å². The van der Waals surface area contributed by atoms with E-state index in [0.717, 1.165) is 11.8 Å². The van der Waals surface area contributed by atoms with Crippen molar-refractivity contribution in [1.29, 1.82) is 0 Å². The second-order valence-electron chi connectivity index (χ2n) is 6.21. The van der Waals surface area contributed by atoms with Crippen molar-refractivity contribution in [3.8, 4) is 0 Å². The van der Waals surface area contributed by atoms with Crippen LogP contribution in [0.4, 0.5) is 17.1 Å². The van der Waals surface area contributed by atoms with Crippen LogP contribution < -0.4 is 10.2 Å². The molecule has 0 radical (unpaired) electrons. The van der Waals surface area contributed by atoms with Crippen molar-refractivity contribution in [3.63, 3.8) is 0 Å². The standard InChI is InChI=1S/C20H20ClN3O6/c1-3-23(15-5-4-14(12-25)19(11-15)22-13(2)26)8-9-30-20(27)17-7-6-16(24(28)29)10-18(17)21/h4-7,10-12H,3,8-9H2,1-2H3,(H,22,26). The van der Waals surface area contributed by atoms with Crippen molar-refractivity contribution < 1.29 is 24.0 Å². The molecule has 0 saturated heterocycles. The third kappa shape index (κ3) is 5.77. The van der Waals surface area contributed by atoms with Gasteiger partial charge in [-0.05, 0) is 31.2 Å². The molecule has 0 spiro atoms. The molecule has 1 amide bonds. The lowest BCUT2D eigenvalue weighted by molar-refractivity contribution is -0.384. The van der Waals surface area contributed by atoms with Crippen molar-refractivity contribution in [1.82, 2.24) is 0 Å². The number of hydrogen-bond donors (Lipinski definition) is 1. The minimum Gasteiger partial charge on any atom is -0.460 e. The molecule has 10 heteroatoms. The number of benzene rings is 2. The number of hydrogen-bond acceptors (Lipinski definition) is 7. The van der Waals surface area contributed by atoms with E-state index >= 15 is 0 Å². The molecule has 158 valence electrons. The molecule has 0 aliphatic rings. The molecule has 0 aliphatic heterocycles. The Morgan fingerprint density at radius 1 is 1.27 bits per heavy atom. The van der Waals surface area contributed by atoms with E-state index in [1.165, 1.54) is 19.1 Å². The Hall–Kier alpha value is -3.46. The van der Waals surface area contributed by atoms with Crippen LogP contribution in [-0.2, 0) is 9.53 Å². The molecule has 2 rings (SSSR count). The van der Waals surface area contributed by atoms with Gasteiger partial charge in [-0.15, -0.1) is 0 Å². The number of esters is 1. The van der Waals surface area contributed by atoms with Gasteiger partial charge in [-0.2, -0.15) is 0 Å². The van der Waals surface area contributed by atoms with Gasteiger partial charge in [-0.25, -0.2) is 4.79 Å². The minimum absolute atomic E-state index is 0.0326. The maximum Gasteiger partial charge on any atom is 0.339 e. The Morgan fingerprint density at radius 3 is 2.57 bits per heavy atom. The van der Waals surface area contributed by atoms with E-state index in [4.69, 9.17) is 16.3 Å². The zero-order valence-corrected chi connectivity index (χ0v) is 17.1. The van der Waals surface area contributed by atoms with E-state index in [-0.39, 0.29) is 28.8 Å². The second-order valence-corrected chi connectivity index (χ2v) is 6.61. The molecule has 9 nitrogen and oxygen atoms in total. The number of nitro benzene ring substituents is 1. The number of nitrogens with zero attached hydrogens (tertiary/aromatic N) is 2. The highest BCUT2D eigenvalue weighted by Crippen LogP contribution is 2.24. The average molecular weight is 434 g/mol. The second kappa shape index (κ2) is 10.4. The molecule has 0 heterocycles. The van der Waals surface area contributed by atoms with Crippen molar-refractivity contribution in [2.45, 2.75) is 13.8 Å². The van der Waals surface area contributed by atoms with Crippen molar-refractivity contribution >= 4 is 46.8 Å². The van der Waals surface area contributed by atoms with E-state index < -0.39 is 10.9 Å². The first-order chi connectivity index (χ1) is 14.3. The largest absolute Gasteiger partial charge is 0.460 e. The Balaban J connectivity index is 2.05. The van der Waals surface area contributed by atoms with Crippen LogP contribution in [0.1, 0.15) is 34.6 Å². The summed E-state index contributed by atoms with van der Waals surface area (Å²) in [5, 5.41) is 13.3. The third-order valence-electron chi connectivity index (χ3n) is 4.20. The van der Waals surface area contributed by atoms with Crippen LogP contribution in [0.5, 0.6) is 0 Å². The highest BCUT2D eigenvalue weighted by Gasteiger charge is 2.17. The Labute approximate surface area is 177 Å². The number of anilines is 2. The topological polar surface area (TPSA) is 119 Å². The van der Waals surface area contributed by atoms with Gasteiger partial charge < -0.3 is 15.0 Å². The highest BCUT2D eigenvalue weighted by molar-refractivity contribution is 6.33. The summed E-state index contributed by atoms with van der Waals surface area (Å²) in [6.07, 6.45) is 0.654. The highest BCUT2D eigenvalue weighted by atomic mass is 35.5. The predicted octanol–water partition coefficient (Wildman–Crippen LogP) is 3.70. The van der Waals surface area contributed by atoms with Gasteiger partial charge in [-0.3, -0.25) is 19.7 Å². The van der Waals surface area contributed by atoms with Gasteiger partial charge >= 0.3 is 5.97 Å². The van der Waals surface area contributed by atoms with Gasteiger partial charge in [0, 0.05) is 36.9 Å². The molecular formula is C20H20ClN3O6. The quantitative estimate of drug-likeness (QED) is 0.277. The van der Waals surface area contributed by atoms with Crippen LogP contribution in [0.3, 0.4) is 0 Å². The van der Waals surface area contributed by atoms with E-state index in [1.54, 1.807) is 18.2 Å². The molecular weight excluding hydrogens is 414 g/mol. The molecule has 0 bridgehead atoms. The van der Waals surface area contributed by atoms with Gasteiger partial charge in [0.1, 0.15) is 6.61 Å². The number of non-ortho nitro benzene ring substituents is 1. The van der Waals surface area contributed by atoms with Crippen LogP contribution in [0.2, 0.25) is 5.02 Å². The number of amides is 1. The lowest BCUT2D eigenvalue weighted by Crippen LogP contribution is -2.28.